The van der Waals surface area contributed by atoms with Gasteiger partial charge in [-0.25, -0.2) is 8.78 Å². The molecule has 0 fully saturated rings. The Hall–Kier alpha value is -1.88. The highest BCUT2D eigenvalue weighted by Crippen LogP contribution is 2.16. The van der Waals surface area contributed by atoms with Gasteiger partial charge in [0, 0.05) is 4.90 Å². The molecule has 1 unspecified atom stereocenters. The van der Waals surface area contributed by atoms with Crippen molar-refractivity contribution in [2.24, 2.45) is 0 Å². The summed E-state index contributed by atoms with van der Waals surface area (Å²) >= 11 is 0. The fourth-order valence-electron chi connectivity index (χ4n) is 1.85. The predicted molar refractivity (Wildman–Crippen MR) is 77.9 cm³/mol. The number of benzene rings is 2. The van der Waals surface area contributed by atoms with Crippen molar-refractivity contribution in [3.8, 4) is 0 Å². The van der Waals surface area contributed by atoms with Crippen molar-refractivity contribution in [3.63, 3.8) is 0 Å². The quantitative estimate of drug-likeness (QED) is 0.809. The van der Waals surface area contributed by atoms with Gasteiger partial charge in [-0.05, 0) is 55.3 Å². The van der Waals surface area contributed by atoms with Crippen LogP contribution in [0, 0.1) is 25.5 Å². The summed E-state index contributed by atoms with van der Waals surface area (Å²) in [6.45, 7) is 3.80. The van der Waals surface area contributed by atoms with Gasteiger partial charge in [0.25, 0.3) is 0 Å². The van der Waals surface area contributed by atoms with Crippen LogP contribution in [0.2, 0.25) is 0 Å². The molecule has 0 amide bonds. The highest BCUT2D eigenvalue weighted by atomic mass is 32.2. The largest absolute Gasteiger partial charge is 0.293 e. The van der Waals surface area contributed by atoms with Gasteiger partial charge in [0.15, 0.2) is 5.78 Å². The maximum atomic E-state index is 13.5. The Bertz CT molecular complexity index is 726. The number of hydrogen-bond acceptors (Lipinski definition) is 2. The number of carbonyl (C=O) groups is 1. The Morgan fingerprint density at radius 1 is 1.05 bits per heavy atom. The molecule has 0 aliphatic carbocycles. The molecule has 2 rings (SSSR count). The minimum Gasteiger partial charge on any atom is -0.293 e. The molecule has 0 aliphatic rings. The summed E-state index contributed by atoms with van der Waals surface area (Å²) in [6, 6.07) is 7.88. The van der Waals surface area contributed by atoms with Crippen molar-refractivity contribution in [1.82, 2.24) is 0 Å². The lowest BCUT2D eigenvalue weighted by Crippen LogP contribution is -2.13. The summed E-state index contributed by atoms with van der Waals surface area (Å²) in [5, 5.41) is 0. The van der Waals surface area contributed by atoms with Gasteiger partial charge in [-0.2, -0.15) is 0 Å². The fraction of sp³-hybridized carbons (Fsp3) is 0.188. The van der Waals surface area contributed by atoms with Crippen molar-refractivity contribution in [1.29, 1.82) is 0 Å². The van der Waals surface area contributed by atoms with Gasteiger partial charge in [-0.3, -0.25) is 9.00 Å². The molecule has 0 radical (unpaired) electrons. The Labute approximate surface area is 124 Å². The molecular formula is C16H14F2O2S. The third kappa shape index (κ3) is 3.61. The lowest BCUT2D eigenvalue weighted by molar-refractivity contribution is 0.101. The van der Waals surface area contributed by atoms with Crippen LogP contribution < -0.4 is 0 Å². The summed E-state index contributed by atoms with van der Waals surface area (Å²) in [5.41, 5.74) is 1.65. The Balaban J connectivity index is 2.20. The molecule has 0 bridgehead atoms. The second kappa shape index (κ2) is 6.26. The van der Waals surface area contributed by atoms with E-state index in [1.54, 1.807) is 12.1 Å². The van der Waals surface area contributed by atoms with Crippen LogP contribution in [0.4, 0.5) is 8.78 Å². The first kappa shape index (κ1) is 15.5. The Morgan fingerprint density at radius 3 is 2.43 bits per heavy atom. The minimum atomic E-state index is -1.59. The standard InChI is InChI=1S/C16H14F2O2S/c1-10-3-5-13(7-11(10)2)21(20)9-16(19)14-8-12(17)4-6-15(14)18/h3-8H,9H2,1-2H3. The van der Waals surface area contributed by atoms with Crippen molar-refractivity contribution >= 4 is 16.6 Å². The van der Waals surface area contributed by atoms with Crippen molar-refractivity contribution in [3.05, 3.63) is 64.7 Å². The zero-order valence-electron chi connectivity index (χ0n) is 11.7. The molecule has 0 heterocycles. The van der Waals surface area contributed by atoms with Crippen LogP contribution >= 0.6 is 0 Å². The molecule has 5 heteroatoms. The van der Waals surface area contributed by atoms with E-state index >= 15 is 0 Å². The van der Waals surface area contributed by atoms with E-state index in [0.29, 0.717) is 4.90 Å². The van der Waals surface area contributed by atoms with Crippen LogP contribution in [0.5, 0.6) is 0 Å². The minimum absolute atomic E-state index is 0.368. The number of carbonyl (C=O) groups excluding carboxylic acids is 1. The molecule has 0 aliphatic heterocycles. The number of hydrogen-bond donors (Lipinski definition) is 0. The molecule has 0 spiro atoms. The Morgan fingerprint density at radius 2 is 1.76 bits per heavy atom. The molecule has 21 heavy (non-hydrogen) atoms. The average Bonchev–Trinajstić information content (AvgIpc) is 2.44. The Kier molecular flexibility index (Phi) is 4.63. The molecule has 2 aromatic rings. The first-order chi connectivity index (χ1) is 9.88. The molecular weight excluding hydrogens is 294 g/mol. The van der Waals surface area contributed by atoms with E-state index in [1.165, 1.54) is 0 Å². The van der Waals surface area contributed by atoms with E-state index in [0.717, 1.165) is 29.3 Å². The van der Waals surface area contributed by atoms with Crippen molar-refractivity contribution in [2.45, 2.75) is 18.7 Å². The summed E-state index contributed by atoms with van der Waals surface area (Å²) in [4.78, 5) is 12.5. The highest BCUT2D eigenvalue weighted by Gasteiger charge is 2.17. The normalized spacial score (nSPS) is 12.2. The van der Waals surface area contributed by atoms with Gasteiger partial charge in [0.05, 0.1) is 22.1 Å². The van der Waals surface area contributed by atoms with E-state index in [-0.39, 0.29) is 11.3 Å². The van der Waals surface area contributed by atoms with E-state index in [4.69, 9.17) is 0 Å². The third-order valence-corrected chi connectivity index (χ3v) is 4.54. The molecule has 0 saturated carbocycles. The summed E-state index contributed by atoms with van der Waals surface area (Å²) in [7, 11) is -1.59. The topological polar surface area (TPSA) is 34.1 Å². The first-order valence-electron chi connectivity index (χ1n) is 6.32. The third-order valence-electron chi connectivity index (χ3n) is 3.23. The molecule has 110 valence electrons. The van der Waals surface area contributed by atoms with Crippen LogP contribution in [0.3, 0.4) is 0 Å². The predicted octanol–water partition coefficient (Wildman–Crippen LogP) is 3.57. The maximum absolute atomic E-state index is 13.5. The number of ketones is 1. The van der Waals surface area contributed by atoms with Crippen LogP contribution in [-0.2, 0) is 10.8 Å². The summed E-state index contributed by atoms with van der Waals surface area (Å²) < 4.78 is 38.7. The second-order valence-electron chi connectivity index (χ2n) is 4.78. The average molecular weight is 308 g/mol. The van der Waals surface area contributed by atoms with Crippen LogP contribution in [0.1, 0.15) is 21.5 Å². The number of Topliss-reactive ketones (excluding diaryl/α,β-unsaturated/α-hetero) is 1. The molecule has 0 aromatic heterocycles. The van der Waals surface area contributed by atoms with Gasteiger partial charge in [-0.1, -0.05) is 6.07 Å². The molecule has 0 N–H and O–H groups in total. The van der Waals surface area contributed by atoms with E-state index in [9.17, 15) is 17.8 Å². The molecule has 2 nitrogen and oxygen atoms in total. The van der Waals surface area contributed by atoms with Gasteiger partial charge in [0.2, 0.25) is 0 Å². The monoisotopic (exact) mass is 308 g/mol. The molecule has 2 aromatic carbocycles. The molecule has 0 saturated heterocycles. The van der Waals surface area contributed by atoms with Crippen molar-refractivity contribution in [2.75, 3.05) is 5.75 Å². The smallest absolute Gasteiger partial charge is 0.178 e. The highest BCUT2D eigenvalue weighted by molar-refractivity contribution is 7.85. The number of halogens is 2. The van der Waals surface area contributed by atoms with Crippen LogP contribution in [0.25, 0.3) is 0 Å². The second-order valence-corrected chi connectivity index (χ2v) is 6.23. The van der Waals surface area contributed by atoms with Gasteiger partial charge >= 0.3 is 0 Å². The zero-order valence-corrected chi connectivity index (χ0v) is 12.5. The fourth-order valence-corrected chi connectivity index (χ4v) is 2.94. The summed E-state index contributed by atoms with van der Waals surface area (Å²) in [5.74, 6) is -2.55. The summed E-state index contributed by atoms with van der Waals surface area (Å²) in [6.07, 6.45) is 0. The van der Waals surface area contributed by atoms with E-state index < -0.39 is 28.2 Å². The maximum Gasteiger partial charge on any atom is 0.178 e. The van der Waals surface area contributed by atoms with Gasteiger partial charge in [0.1, 0.15) is 11.6 Å². The molecule has 1 atom stereocenters. The zero-order chi connectivity index (χ0) is 15.6. The van der Waals surface area contributed by atoms with Crippen molar-refractivity contribution < 1.29 is 17.8 Å². The first-order valence-corrected chi connectivity index (χ1v) is 7.64. The van der Waals surface area contributed by atoms with E-state index in [1.807, 2.05) is 19.9 Å². The van der Waals surface area contributed by atoms with Gasteiger partial charge in [-0.15, -0.1) is 0 Å². The lowest BCUT2D eigenvalue weighted by Gasteiger charge is -2.06. The van der Waals surface area contributed by atoms with Gasteiger partial charge < -0.3 is 0 Å². The lowest BCUT2D eigenvalue weighted by atomic mass is 10.1. The van der Waals surface area contributed by atoms with Crippen LogP contribution in [-0.4, -0.2) is 15.7 Å². The number of rotatable bonds is 4. The number of aryl methyl sites for hydroxylation is 2. The van der Waals surface area contributed by atoms with E-state index in [2.05, 4.69) is 0 Å². The van der Waals surface area contributed by atoms with Crippen LogP contribution in [0.15, 0.2) is 41.3 Å². The SMILES string of the molecule is Cc1ccc(S(=O)CC(=O)c2cc(F)ccc2F)cc1C.